The minimum absolute atomic E-state index is 0.0174. The maximum atomic E-state index is 6.20. The van der Waals surface area contributed by atoms with Crippen molar-refractivity contribution in [2.45, 2.75) is 88.8 Å². The number of hydrogen-bond donors (Lipinski definition) is 2. The summed E-state index contributed by atoms with van der Waals surface area (Å²) in [7, 11) is 3.57. The van der Waals surface area contributed by atoms with Crippen LogP contribution >= 0.6 is 0 Å². The van der Waals surface area contributed by atoms with E-state index in [1.807, 2.05) is 7.11 Å². The zero-order valence-electron chi connectivity index (χ0n) is 17.4. The molecule has 5 atom stereocenters. The molecule has 2 heterocycles. The average molecular weight is 373 g/mol. The molecule has 0 spiro atoms. The average Bonchev–Trinajstić information content (AvgIpc) is 3.26. The predicted octanol–water partition coefficient (Wildman–Crippen LogP) is 2.11. The first-order chi connectivity index (χ1) is 12.5. The fourth-order valence-electron chi connectivity index (χ4n) is 4.14. The van der Waals surface area contributed by atoms with Crippen LogP contribution in [0.15, 0.2) is 0 Å². The smallest absolute Gasteiger partial charge is 0.0748 e. The van der Waals surface area contributed by atoms with Crippen LogP contribution in [-0.4, -0.2) is 76.5 Å². The lowest BCUT2D eigenvalue weighted by Gasteiger charge is -2.31. The Balaban J connectivity index is 1.74. The third kappa shape index (κ3) is 6.73. The Bertz CT molecular complexity index is 388. The molecule has 0 aromatic rings. The summed E-state index contributed by atoms with van der Waals surface area (Å²) in [5.41, 5.74) is -0.0174. The Morgan fingerprint density at radius 3 is 2.50 bits per heavy atom. The van der Waals surface area contributed by atoms with Crippen LogP contribution in [0.4, 0.5) is 0 Å². The largest absolute Gasteiger partial charge is 0.383 e. The number of methoxy groups -OCH3 is 2. The second-order valence-corrected chi connectivity index (χ2v) is 8.30. The molecule has 2 rings (SSSR count). The van der Waals surface area contributed by atoms with Crippen molar-refractivity contribution in [1.82, 2.24) is 10.6 Å². The van der Waals surface area contributed by atoms with Crippen molar-refractivity contribution < 1.29 is 18.9 Å². The molecule has 2 aliphatic heterocycles. The third-order valence-electron chi connectivity index (χ3n) is 5.62. The lowest BCUT2D eigenvalue weighted by molar-refractivity contribution is -0.0359. The minimum Gasteiger partial charge on any atom is -0.383 e. The van der Waals surface area contributed by atoms with Crippen LogP contribution in [0.1, 0.15) is 52.9 Å². The molecular formula is C20H40N2O4. The van der Waals surface area contributed by atoms with E-state index in [1.165, 1.54) is 6.42 Å². The zero-order valence-corrected chi connectivity index (χ0v) is 17.4. The topological polar surface area (TPSA) is 61.0 Å². The van der Waals surface area contributed by atoms with E-state index in [9.17, 15) is 0 Å². The molecule has 6 nitrogen and oxygen atoms in total. The quantitative estimate of drug-likeness (QED) is 0.547. The molecule has 0 saturated carbocycles. The Morgan fingerprint density at radius 1 is 1.08 bits per heavy atom. The molecule has 154 valence electrons. The van der Waals surface area contributed by atoms with E-state index in [0.717, 1.165) is 38.8 Å². The first-order valence-corrected chi connectivity index (χ1v) is 10.2. The molecular weight excluding hydrogens is 332 g/mol. The molecule has 0 aromatic heterocycles. The SMILES string of the molecule is COCC1(COC(C)CC(OC)C2CCC(COC(C)C)N2)CCCN1. The summed E-state index contributed by atoms with van der Waals surface area (Å²) >= 11 is 0. The van der Waals surface area contributed by atoms with Gasteiger partial charge in [-0.15, -0.1) is 0 Å². The van der Waals surface area contributed by atoms with Crippen molar-refractivity contribution >= 4 is 0 Å². The molecule has 2 N–H and O–H groups in total. The second kappa shape index (κ2) is 10.9. The molecule has 6 heteroatoms. The molecule has 2 aliphatic rings. The van der Waals surface area contributed by atoms with Crippen LogP contribution < -0.4 is 10.6 Å². The minimum atomic E-state index is -0.0174. The van der Waals surface area contributed by atoms with Gasteiger partial charge in [-0.1, -0.05) is 0 Å². The van der Waals surface area contributed by atoms with Crippen LogP contribution in [0.3, 0.4) is 0 Å². The third-order valence-corrected chi connectivity index (χ3v) is 5.62. The molecule has 2 saturated heterocycles. The summed E-state index contributed by atoms with van der Waals surface area (Å²) in [6.07, 6.45) is 6.09. The van der Waals surface area contributed by atoms with Crippen molar-refractivity contribution in [1.29, 1.82) is 0 Å². The van der Waals surface area contributed by atoms with Gasteiger partial charge >= 0.3 is 0 Å². The van der Waals surface area contributed by atoms with Crippen LogP contribution in [0.25, 0.3) is 0 Å². The van der Waals surface area contributed by atoms with E-state index in [4.69, 9.17) is 18.9 Å². The summed E-state index contributed by atoms with van der Waals surface area (Å²) in [6, 6.07) is 0.813. The van der Waals surface area contributed by atoms with Crippen LogP contribution in [-0.2, 0) is 18.9 Å². The normalized spacial score (nSPS) is 31.6. The highest BCUT2D eigenvalue weighted by molar-refractivity contribution is 4.94. The van der Waals surface area contributed by atoms with E-state index in [2.05, 4.69) is 31.4 Å². The zero-order chi connectivity index (χ0) is 19.0. The second-order valence-electron chi connectivity index (χ2n) is 8.30. The van der Waals surface area contributed by atoms with Gasteiger partial charge in [0.25, 0.3) is 0 Å². The molecule has 0 radical (unpaired) electrons. The van der Waals surface area contributed by atoms with Crippen LogP contribution in [0.5, 0.6) is 0 Å². The molecule has 0 aromatic carbocycles. The fraction of sp³-hybridized carbons (Fsp3) is 1.00. The van der Waals surface area contributed by atoms with E-state index in [0.29, 0.717) is 25.3 Å². The highest BCUT2D eigenvalue weighted by atomic mass is 16.5. The van der Waals surface area contributed by atoms with Gasteiger partial charge in [0.1, 0.15) is 0 Å². The molecule has 0 amide bonds. The van der Waals surface area contributed by atoms with Gasteiger partial charge in [-0.25, -0.2) is 0 Å². The van der Waals surface area contributed by atoms with E-state index >= 15 is 0 Å². The Labute approximate surface area is 159 Å². The van der Waals surface area contributed by atoms with Gasteiger partial charge in [0.05, 0.1) is 43.7 Å². The Morgan fingerprint density at radius 2 is 1.88 bits per heavy atom. The molecule has 5 unspecified atom stereocenters. The summed E-state index contributed by atoms with van der Waals surface area (Å²) in [5.74, 6) is 0. The summed E-state index contributed by atoms with van der Waals surface area (Å²) in [6.45, 7) is 9.54. The Hall–Kier alpha value is -0.240. The number of ether oxygens (including phenoxy) is 4. The van der Waals surface area contributed by atoms with Crippen molar-refractivity contribution in [3.8, 4) is 0 Å². The first-order valence-electron chi connectivity index (χ1n) is 10.2. The van der Waals surface area contributed by atoms with E-state index in [1.54, 1.807) is 7.11 Å². The summed E-state index contributed by atoms with van der Waals surface area (Å²) in [5, 5.41) is 7.26. The molecule has 0 aliphatic carbocycles. The summed E-state index contributed by atoms with van der Waals surface area (Å²) in [4.78, 5) is 0. The number of nitrogens with one attached hydrogen (secondary N) is 2. The monoisotopic (exact) mass is 372 g/mol. The predicted molar refractivity (Wildman–Crippen MR) is 104 cm³/mol. The van der Waals surface area contributed by atoms with Gasteiger partial charge in [0.2, 0.25) is 0 Å². The maximum absolute atomic E-state index is 6.20. The van der Waals surface area contributed by atoms with Crippen LogP contribution in [0.2, 0.25) is 0 Å². The van der Waals surface area contributed by atoms with Crippen molar-refractivity contribution in [2.24, 2.45) is 0 Å². The van der Waals surface area contributed by atoms with Crippen molar-refractivity contribution in [3.63, 3.8) is 0 Å². The highest BCUT2D eigenvalue weighted by Crippen LogP contribution is 2.24. The van der Waals surface area contributed by atoms with Gasteiger partial charge < -0.3 is 29.6 Å². The van der Waals surface area contributed by atoms with Gasteiger partial charge in [0, 0.05) is 32.7 Å². The fourth-order valence-corrected chi connectivity index (χ4v) is 4.14. The first kappa shape index (κ1) is 22.1. The van der Waals surface area contributed by atoms with E-state index < -0.39 is 0 Å². The number of hydrogen-bond acceptors (Lipinski definition) is 6. The van der Waals surface area contributed by atoms with Crippen molar-refractivity contribution in [3.05, 3.63) is 0 Å². The van der Waals surface area contributed by atoms with Gasteiger partial charge in [-0.05, 0) is 53.0 Å². The maximum Gasteiger partial charge on any atom is 0.0748 e. The molecule has 0 bridgehead atoms. The van der Waals surface area contributed by atoms with Gasteiger partial charge in [-0.2, -0.15) is 0 Å². The van der Waals surface area contributed by atoms with Gasteiger partial charge in [0.15, 0.2) is 0 Å². The van der Waals surface area contributed by atoms with Crippen molar-refractivity contribution in [2.75, 3.05) is 40.6 Å². The van der Waals surface area contributed by atoms with Gasteiger partial charge in [-0.3, -0.25) is 0 Å². The lowest BCUT2D eigenvalue weighted by Crippen LogP contribution is -2.49. The highest BCUT2D eigenvalue weighted by Gasteiger charge is 2.35. The lowest BCUT2D eigenvalue weighted by atomic mass is 9.99. The van der Waals surface area contributed by atoms with Crippen LogP contribution in [0, 0.1) is 0 Å². The standard InChI is InChI=1S/C20H40N2O4/c1-15(2)25-12-17-7-8-18(22-17)19(24-5)11-16(3)26-14-20(13-23-4)9-6-10-21-20/h15-19,21-22H,6-14H2,1-5H3. The Kier molecular flexibility index (Phi) is 9.27. The van der Waals surface area contributed by atoms with E-state index in [-0.39, 0.29) is 23.9 Å². The summed E-state index contributed by atoms with van der Waals surface area (Å²) < 4.78 is 23.2. The molecule has 2 fully saturated rings. The number of rotatable bonds is 12. The molecule has 26 heavy (non-hydrogen) atoms.